The largest absolute Gasteiger partial charge is 0.310 e. The van der Waals surface area contributed by atoms with Crippen molar-refractivity contribution in [1.82, 2.24) is 0 Å². The average Bonchev–Trinajstić information content (AvgIpc) is 3.77. The Labute approximate surface area is 337 Å². The number of rotatable bonds is 6. The van der Waals surface area contributed by atoms with Gasteiger partial charge in [0.2, 0.25) is 0 Å². The summed E-state index contributed by atoms with van der Waals surface area (Å²) in [7, 11) is 0. The zero-order chi connectivity index (χ0) is 38.1. The van der Waals surface area contributed by atoms with Crippen molar-refractivity contribution in [3.05, 3.63) is 211 Å². The van der Waals surface area contributed by atoms with Crippen molar-refractivity contribution >= 4 is 59.3 Å². The summed E-state index contributed by atoms with van der Waals surface area (Å²) in [6.45, 7) is 4.74. The van der Waals surface area contributed by atoms with Gasteiger partial charge in [0.15, 0.2) is 0 Å². The zero-order valence-corrected chi connectivity index (χ0v) is 32.7. The molecule has 9 aromatic carbocycles. The summed E-state index contributed by atoms with van der Waals surface area (Å²) in [6, 6.07) is 73.8. The van der Waals surface area contributed by atoms with E-state index in [1.54, 1.807) is 0 Å². The normalized spacial score (nSPS) is 12.9. The van der Waals surface area contributed by atoms with Crippen molar-refractivity contribution in [3.8, 4) is 44.5 Å². The molecule has 1 aliphatic carbocycles. The van der Waals surface area contributed by atoms with Crippen LogP contribution in [0.25, 0.3) is 75.5 Å². The molecule has 0 saturated heterocycles. The Morgan fingerprint density at radius 2 is 0.982 bits per heavy atom. The third-order valence-corrected chi connectivity index (χ3v) is 13.2. The van der Waals surface area contributed by atoms with Gasteiger partial charge in [-0.05, 0) is 121 Å². The van der Waals surface area contributed by atoms with Crippen molar-refractivity contribution < 1.29 is 0 Å². The van der Waals surface area contributed by atoms with E-state index in [-0.39, 0.29) is 5.41 Å². The maximum atomic E-state index is 2.44. The number of nitrogens with zero attached hydrogens (tertiary/aromatic N) is 1. The van der Waals surface area contributed by atoms with Gasteiger partial charge in [0.05, 0.1) is 5.69 Å². The Morgan fingerprint density at radius 3 is 1.81 bits per heavy atom. The van der Waals surface area contributed by atoms with E-state index in [1.165, 1.54) is 92.3 Å². The lowest BCUT2D eigenvalue weighted by atomic mass is 9.79. The molecule has 11 rings (SSSR count). The fourth-order valence-electron chi connectivity index (χ4n) is 9.30. The summed E-state index contributed by atoms with van der Waals surface area (Å²) < 4.78 is 2.59. The fourth-order valence-corrected chi connectivity index (χ4v) is 10.4. The molecule has 0 fully saturated rings. The van der Waals surface area contributed by atoms with Crippen LogP contribution < -0.4 is 4.90 Å². The molecule has 270 valence electrons. The second-order valence-electron chi connectivity index (χ2n) is 15.7. The molecule has 0 atom stereocenters. The van der Waals surface area contributed by atoms with E-state index in [9.17, 15) is 0 Å². The fraction of sp³-hybridized carbons (Fsp3) is 0.0545. The predicted molar refractivity (Wildman–Crippen MR) is 245 cm³/mol. The van der Waals surface area contributed by atoms with E-state index in [4.69, 9.17) is 0 Å². The van der Waals surface area contributed by atoms with Gasteiger partial charge in [-0.1, -0.05) is 159 Å². The van der Waals surface area contributed by atoms with Crippen LogP contribution in [0, 0.1) is 0 Å². The van der Waals surface area contributed by atoms with Crippen LogP contribution in [0.3, 0.4) is 0 Å². The van der Waals surface area contributed by atoms with Crippen LogP contribution in [0.1, 0.15) is 25.0 Å². The van der Waals surface area contributed by atoms with Gasteiger partial charge in [-0.2, -0.15) is 0 Å². The summed E-state index contributed by atoms with van der Waals surface area (Å²) in [6.07, 6.45) is 0. The molecule has 0 saturated carbocycles. The van der Waals surface area contributed by atoms with Crippen molar-refractivity contribution in [2.24, 2.45) is 0 Å². The minimum Gasteiger partial charge on any atom is -0.310 e. The molecule has 0 spiro atoms. The summed E-state index contributed by atoms with van der Waals surface area (Å²) in [5.74, 6) is 0. The highest BCUT2D eigenvalue weighted by atomic mass is 32.1. The summed E-state index contributed by atoms with van der Waals surface area (Å²) in [5.41, 5.74) is 16.2. The van der Waals surface area contributed by atoms with E-state index in [0.29, 0.717) is 0 Å². The van der Waals surface area contributed by atoms with Gasteiger partial charge in [0.25, 0.3) is 0 Å². The lowest BCUT2D eigenvalue weighted by Crippen LogP contribution is -2.16. The maximum absolute atomic E-state index is 2.44. The quantitative estimate of drug-likeness (QED) is 0.164. The van der Waals surface area contributed by atoms with Crippen LogP contribution in [-0.4, -0.2) is 0 Å². The second-order valence-corrected chi connectivity index (χ2v) is 16.8. The van der Waals surface area contributed by atoms with E-state index >= 15 is 0 Å². The van der Waals surface area contributed by atoms with Crippen LogP contribution in [0.15, 0.2) is 200 Å². The molecule has 0 bridgehead atoms. The van der Waals surface area contributed by atoms with Crippen LogP contribution in [0.4, 0.5) is 17.1 Å². The topological polar surface area (TPSA) is 3.24 Å². The number of thiophene rings is 1. The summed E-state index contributed by atoms with van der Waals surface area (Å²) >= 11 is 1.86. The van der Waals surface area contributed by atoms with E-state index in [0.717, 1.165) is 11.4 Å². The highest BCUT2D eigenvalue weighted by Crippen LogP contribution is 2.52. The molecule has 1 aromatic heterocycles. The smallest absolute Gasteiger partial charge is 0.0554 e. The van der Waals surface area contributed by atoms with Crippen molar-refractivity contribution in [2.75, 3.05) is 4.90 Å². The second kappa shape index (κ2) is 13.2. The minimum atomic E-state index is -0.0837. The SMILES string of the molecule is CC1(C)c2ccccc2-c2cccc(-c3ccc(N(c4ccc(-c5cccc(-c6ccc7ccccc7c6)c5)cc4)c4cccc5sc6ccccc6c45)cc3)c21. The number of hydrogen-bond acceptors (Lipinski definition) is 2. The minimum absolute atomic E-state index is 0.0837. The van der Waals surface area contributed by atoms with Crippen LogP contribution in [0.2, 0.25) is 0 Å². The Hall–Kier alpha value is -6.74. The van der Waals surface area contributed by atoms with Gasteiger partial charge in [-0.15, -0.1) is 11.3 Å². The van der Waals surface area contributed by atoms with E-state index in [2.05, 4.69) is 219 Å². The van der Waals surface area contributed by atoms with Crippen LogP contribution >= 0.6 is 11.3 Å². The van der Waals surface area contributed by atoms with E-state index in [1.807, 2.05) is 11.3 Å². The van der Waals surface area contributed by atoms with Gasteiger partial charge in [-0.25, -0.2) is 0 Å². The Balaban J connectivity index is 1.01. The van der Waals surface area contributed by atoms with Crippen molar-refractivity contribution in [1.29, 1.82) is 0 Å². The lowest BCUT2D eigenvalue weighted by molar-refractivity contribution is 0.662. The number of anilines is 3. The first-order valence-corrected chi connectivity index (χ1v) is 20.6. The molecule has 0 N–H and O–H groups in total. The molecule has 1 heterocycles. The van der Waals surface area contributed by atoms with Gasteiger partial charge in [0.1, 0.15) is 0 Å². The standard InChI is InChI=1S/C55H39NS/c1-55(2)49-20-7-5-16-46(49)47-19-10-18-45(54(47)55)38-28-32-44(33-29-38)56(50-21-11-23-52-53(50)48-17-6-8-22-51(48)57-52)43-30-26-37(27-31-43)40-14-9-15-41(34-40)42-25-24-36-12-3-4-13-39(36)35-42/h3-35H,1-2H3. The van der Waals surface area contributed by atoms with Gasteiger partial charge in [0, 0.05) is 37.0 Å². The number of hydrogen-bond donors (Lipinski definition) is 0. The third kappa shape index (κ3) is 5.51. The van der Waals surface area contributed by atoms with Crippen molar-refractivity contribution in [2.45, 2.75) is 19.3 Å². The van der Waals surface area contributed by atoms with Gasteiger partial charge in [-0.3, -0.25) is 0 Å². The molecular weight excluding hydrogens is 707 g/mol. The molecule has 2 heteroatoms. The van der Waals surface area contributed by atoms with Crippen molar-refractivity contribution in [3.63, 3.8) is 0 Å². The average molecular weight is 746 g/mol. The van der Waals surface area contributed by atoms with Crippen LogP contribution in [-0.2, 0) is 5.41 Å². The number of fused-ring (bicyclic) bond motifs is 7. The molecule has 0 unspecified atom stereocenters. The third-order valence-electron chi connectivity index (χ3n) is 12.0. The van der Waals surface area contributed by atoms with Crippen LogP contribution in [0.5, 0.6) is 0 Å². The first-order valence-electron chi connectivity index (χ1n) is 19.8. The summed E-state index contributed by atoms with van der Waals surface area (Å²) in [5, 5.41) is 5.10. The first-order chi connectivity index (χ1) is 28.0. The van der Waals surface area contributed by atoms with E-state index < -0.39 is 0 Å². The molecule has 0 amide bonds. The molecule has 0 aliphatic heterocycles. The zero-order valence-electron chi connectivity index (χ0n) is 31.9. The molecule has 10 aromatic rings. The Kier molecular flexibility index (Phi) is 7.77. The molecule has 1 aliphatic rings. The molecule has 57 heavy (non-hydrogen) atoms. The van der Waals surface area contributed by atoms with Gasteiger partial charge < -0.3 is 4.90 Å². The number of benzene rings is 9. The van der Waals surface area contributed by atoms with Gasteiger partial charge >= 0.3 is 0 Å². The molecule has 1 nitrogen and oxygen atoms in total. The Bertz CT molecular complexity index is 3150. The first kappa shape index (κ1) is 33.6. The Morgan fingerprint density at radius 1 is 0.404 bits per heavy atom. The monoisotopic (exact) mass is 745 g/mol. The highest BCUT2D eigenvalue weighted by Gasteiger charge is 2.37. The summed E-state index contributed by atoms with van der Waals surface area (Å²) in [4.78, 5) is 2.44. The molecule has 0 radical (unpaired) electrons. The molecular formula is C55H39NS. The maximum Gasteiger partial charge on any atom is 0.0554 e. The lowest BCUT2D eigenvalue weighted by Gasteiger charge is -2.27. The predicted octanol–water partition coefficient (Wildman–Crippen LogP) is 16.0. The highest BCUT2D eigenvalue weighted by molar-refractivity contribution is 7.26.